The molecule has 1 rings (SSSR count). The van der Waals surface area contributed by atoms with E-state index in [-0.39, 0.29) is 17.6 Å². The van der Waals surface area contributed by atoms with E-state index in [1.165, 1.54) is 0 Å². The van der Waals surface area contributed by atoms with Gasteiger partial charge < -0.3 is 0 Å². The molecule has 1 atom stereocenters. The molecule has 9 heteroatoms. The minimum absolute atomic E-state index is 0.0178. The molecule has 132 valence electrons. The fourth-order valence-electron chi connectivity index (χ4n) is 2.24. The van der Waals surface area contributed by atoms with Crippen LogP contribution >= 0.6 is 11.6 Å². The zero-order valence-electron chi connectivity index (χ0n) is 13.1. The van der Waals surface area contributed by atoms with Crippen LogP contribution in [-0.2, 0) is 16.2 Å². The molecule has 4 nitrogen and oxygen atoms in total. The number of nitrogens with one attached hydrogen (secondary N) is 1. The fraction of sp³-hybridized carbons (Fsp3) is 0.571. The maximum Gasteiger partial charge on any atom is 0.417 e. The standard InChI is InChI=1S/C14H20ClF3N2O2S/c1-4-20(5-2)10(3)9-19-23(21,22)13-7-6-11(15)8-12(13)14(16,17)18/h6-8,10,19H,4-5,9H2,1-3H3. The van der Waals surface area contributed by atoms with Crippen LogP contribution in [-0.4, -0.2) is 39.0 Å². The first-order valence-electron chi connectivity index (χ1n) is 7.13. The molecular weight excluding hydrogens is 353 g/mol. The summed E-state index contributed by atoms with van der Waals surface area (Å²) in [5.41, 5.74) is -1.27. The molecule has 0 saturated carbocycles. The lowest BCUT2D eigenvalue weighted by molar-refractivity contribution is -0.139. The molecule has 1 N–H and O–H groups in total. The molecule has 1 aromatic carbocycles. The minimum Gasteiger partial charge on any atom is -0.300 e. The monoisotopic (exact) mass is 372 g/mol. The van der Waals surface area contributed by atoms with Gasteiger partial charge in [-0.05, 0) is 38.2 Å². The van der Waals surface area contributed by atoms with Gasteiger partial charge in [-0.15, -0.1) is 0 Å². The van der Waals surface area contributed by atoms with Gasteiger partial charge in [0, 0.05) is 17.6 Å². The number of rotatable bonds is 7. The third-order valence-electron chi connectivity index (χ3n) is 3.54. The number of hydrogen-bond acceptors (Lipinski definition) is 3. The van der Waals surface area contributed by atoms with Crippen molar-refractivity contribution in [2.24, 2.45) is 0 Å². The van der Waals surface area contributed by atoms with Gasteiger partial charge in [-0.1, -0.05) is 25.4 Å². The summed E-state index contributed by atoms with van der Waals surface area (Å²) in [5.74, 6) is 0. The zero-order valence-corrected chi connectivity index (χ0v) is 14.7. The van der Waals surface area contributed by atoms with Gasteiger partial charge in [0.15, 0.2) is 0 Å². The van der Waals surface area contributed by atoms with Crippen molar-refractivity contribution in [1.82, 2.24) is 9.62 Å². The number of sulfonamides is 1. The molecule has 0 aromatic heterocycles. The summed E-state index contributed by atoms with van der Waals surface area (Å²) in [6, 6.07) is 2.47. The van der Waals surface area contributed by atoms with Crippen molar-refractivity contribution in [3.05, 3.63) is 28.8 Å². The van der Waals surface area contributed by atoms with Gasteiger partial charge in [0.25, 0.3) is 0 Å². The van der Waals surface area contributed by atoms with Crippen molar-refractivity contribution >= 4 is 21.6 Å². The van der Waals surface area contributed by atoms with Gasteiger partial charge in [0.05, 0.1) is 10.5 Å². The van der Waals surface area contributed by atoms with Gasteiger partial charge in [0.1, 0.15) is 0 Å². The first-order valence-corrected chi connectivity index (χ1v) is 8.99. The van der Waals surface area contributed by atoms with E-state index in [2.05, 4.69) is 4.72 Å². The normalized spacial score (nSPS) is 14.3. The molecule has 0 heterocycles. The summed E-state index contributed by atoms with van der Waals surface area (Å²) < 4.78 is 65.8. The van der Waals surface area contributed by atoms with Gasteiger partial charge in [0.2, 0.25) is 10.0 Å². The highest BCUT2D eigenvalue weighted by atomic mass is 35.5. The Hall–Kier alpha value is -0.830. The Morgan fingerprint density at radius 1 is 1.26 bits per heavy atom. The topological polar surface area (TPSA) is 49.4 Å². The van der Waals surface area contributed by atoms with Crippen LogP contribution in [0.5, 0.6) is 0 Å². The van der Waals surface area contributed by atoms with E-state index in [0.29, 0.717) is 19.2 Å². The Morgan fingerprint density at radius 2 is 1.83 bits per heavy atom. The third-order valence-corrected chi connectivity index (χ3v) is 5.26. The summed E-state index contributed by atoms with van der Waals surface area (Å²) in [5, 5.41) is -0.173. The van der Waals surface area contributed by atoms with Crippen molar-refractivity contribution < 1.29 is 21.6 Å². The molecule has 1 aromatic rings. The number of likely N-dealkylation sites (N-methyl/N-ethyl adjacent to an activating group) is 1. The molecule has 0 fully saturated rings. The molecule has 0 bridgehead atoms. The predicted octanol–water partition coefficient (Wildman–Crippen LogP) is 3.37. The molecule has 0 radical (unpaired) electrons. The van der Waals surface area contributed by atoms with Gasteiger partial charge in [-0.3, -0.25) is 4.90 Å². The van der Waals surface area contributed by atoms with Crippen molar-refractivity contribution in [2.45, 2.75) is 37.9 Å². The van der Waals surface area contributed by atoms with Crippen LogP contribution in [0, 0.1) is 0 Å². The minimum atomic E-state index is -4.81. The molecule has 0 saturated heterocycles. The second-order valence-electron chi connectivity index (χ2n) is 5.06. The average molecular weight is 373 g/mol. The van der Waals surface area contributed by atoms with Crippen molar-refractivity contribution in [3.8, 4) is 0 Å². The van der Waals surface area contributed by atoms with E-state index >= 15 is 0 Å². The highest BCUT2D eigenvalue weighted by Crippen LogP contribution is 2.35. The van der Waals surface area contributed by atoms with E-state index in [1.807, 2.05) is 25.7 Å². The Bertz CT molecular complexity index is 631. The number of halogens is 4. The predicted molar refractivity (Wildman–Crippen MR) is 84.0 cm³/mol. The number of nitrogens with zero attached hydrogens (tertiary/aromatic N) is 1. The van der Waals surface area contributed by atoms with Crippen LogP contribution in [0.15, 0.2) is 23.1 Å². The lowest BCUT2D eigenvalue weighted by atomic mass is 10.2. The second-order valence-corrected chi connectivity index (χ2v) is 7.23. The van der Waals surface area contributed by atoms with Crippen LogP contribution in [0.25, 0.3) is 0 Å². The first kappa shape index (κ1) is 20.2. The van der Waals surface area contributed by atoms with E-state index in [1.54, 1.807) is 0 Å². The van der Waals surface area contributed by atoms with Crippen LogP contribution in [0.3, 0.4) is 0 Å². The SMILES string of the molecule is CCN(CC)C(C)CNS(=O)(=O)c1ccc(Cl)cc1C(F)(F)F. The van der Waals surface area contributed by atoms with Crippen LogP contribution in [0.2, 0.25) is 5.02 Å². The Balaban J connectivity index is 3.06. The van der Waals surface area contributed by atoms with E-state index in [9.17, 15) is 21.6 Å². The van der Waals surface area contributed by atoms with Gasteiger partial charge in [-0.2, -0.15) is 13.2 Å². The molecular formula is C14H20ClF3N2O2S. The molecule has 0 aliphatic rings. The summed E-state index contributed by atoms with van der Waals surface area (Å²) in [4.78, 5) is 1.18. The quantitative estimate of drug-likeness (QED) is 0.798. The first-order chi connectivity index (χ1) is 10.5. The number of benzene rings is 1. The lowest BCUT2D eigenvalue weighted by Crippen LogP contribution is -2.42. The average Bonchev–Trinajstić information content (AvgIpc) is 2.45. The molecule has 0 aliphatic heterocycles. The third kappa shape index (κ3) is 5.34. The maximum atomic E-state index is 13.0. The second kappa shape index (κ2) is 7.83. The van der Waals surface area contributed by atoms with Gasteiger partial charge >= 0.3 is 6.18 Å². The van der Waals surface area contributed by atoms with Gasteiger partial charge in [-0.25, -0.2) is 13.1 Å². The van der Waals surface area contributed by atoms with Crippen LogP contribution < -0.4 is 4.72 Å². The smallest absolute Gasteiger partial charge is 0.300 e. The van der Waals surface area contributed by atoms with Crippen molar-refractivity contribution in [3.63, 3.8) is 0 Å². The summed E-state index contributed by atoms with van der Waals surface area (Å²) in [7, 11) is -4.29. The largest absolute Gasteiger partial charge is 0.417 e. The molecule has 1 unspecified atom stereocenters. The number of hydrogen-bond donors (Lipinski definition) is 1. The maximum absolute atomic E-state index is 13.0. The highest BCUT2D eigenvalue weighted by molar-refractivity contribution is 7.89. The van der Waals surface area contributed by atoms with E-state index < -0.39 is 26.7 Å². The Labute approximate surface area is 139 Å². The molecule has 0 aliphatic carbocycles. The van der Waals surface area contributed by atoms with E-state index in [0.717, 1.165) is 12.1 Å². The van der Waals surface area contributed by atoms with E-state index in [4.69, 9.17) is 11.6 Å². The van der Waals surface area contributed by atoms with Crippen molar-refractivity contribution in [1.29, 1.82) is 0 Å². The van der Waals surface area contributed by atoms with Crippen molar-refractivity contribution in [2.75, 3.05) is 19.6 Å². The summed E-state index contributed by atoms with van der Waals surface area (Å²) in [6.45, 7) is 7.11. The Morgan fingerprint density at radius 3 is 2.30 bits per heavy atom. The fourth-order valence-corrected chi connectivity index (χ4v) is 3.74. The molecule has 0 amide bonds. The molecule has 0 spiro atoms. The highest BCUT2D eigenvalue weighted by Gasteiger charge is 2.37. The Kier molecular flexibility index (Phi) is 6.88. The lowest BCUT2D eigenvalue weighted by Gasteiger charge is -2.26. The molecule has 23 heavy (non-hydrogen) atoms. The zero-order chi connectivity index (χ0) is 17.8. The summed E-state index contributed by atoms with van der Waals surface area (Å²) in [6.07, 6.45) is -4.81. The summed E-state index contributed by atoms with van der Waals surface area (Å²) >= 11 is 5.56. The van der Waals surface area contributed by atoms with Crippen LogP contribution in [0.4, 0.5) is 13.2 Å². The van der Waals surface area contributed by atoms with Crippen LogP contribution in [0.1, 0.15) is 26.3 Å². The number of alkyl halides is 3.